The summed E-state index contributed by atoms with van der Waals surface area (Å²) in [6.45, 7) is 12.6. The van der Waals surface area contributed by atoms with Crippen LogP contribution in [0.1, 0.15) is 50.7 Å². The Labute approximate surface area is 420 Å². The maximum atomic E-state index is 12.9. The number of piperazine rings is 2. The molecule has 4 N–H and O–H groups in total. The van der Waals surface area contributed by atoms with Crippen LogP contribution in [0, 0.1) is 0 Å². The molecule has 0 radical (unpaired) electrons. The fraction of sp³-hybridized carbons (Fsp3) is 0.423. The molecule has 0 bridgehead atoms. The van der Waals surface area contributed by atoms with Gasteiger partial charge in [0.2, 0.25) is 11.9 Å². The van der Waals surface area contributed by atoms with E-state index < -0.39 is 0 Å². The monoisotopic (exact) mass is 990 g/mol. The summed E-state index contributed by atoms with van der Waals surface area (Å²) in [5, 5.41) is 1.39. The summed E-state index contributed by atoms with van der Waals surface area (Å²) in [5.74, 6) is 6.85. The molecule has 0 aliphatic carbocycles. The number of rotatable bonds is 16. The van der Waals surface area contributed by atoms with Crippen molar-refractivity contribution in [2.24, 2.45) is 0 Å². The quantitative estimate of drug-likeness (QED) is 0.110. The number of carbonyl (C=O) groups excluding carboxylic acids is 2. The summed E-state index contributed by atoms with van der Waals surface area (Å²) >= 11 is 0. The summed E-state index contributed by atoms with van der Waals surface area (Å²) in [6.07, 6.45) is 0. The second-order valence-electron chi connectivity index (χ2n) is 17.6. The molecule has 0 spiro atoms. The Morgan fingerprint density at radius 2 is 0.819 bits per heavy atom. The lowest BCUT2D eigenvalue weighted by molar-refractivity contribution is -0.134. The third kappa shape index (κ3) is 11.5. The molecule has 0 unspecified atom stereocenters. The third-order valence-corrected chi connectivity index (χ3v) is 12.7. The topological polar surface area (TPSA) is 225 Å². The van der Waals surface area contributed by atoms with Gasteiger partial charge in [0.1, 0.15) is 11.6 Å². The molecule has 20 heteroatoms. The zero-order valence-corrected chi connectivity index (χ0v) is 42.8. The molecule has 384 valence electrons. The van der Waals surface area contributed by atoms with E-state index in [9.17, 15) is 9.59 Å². The number of ether oxygens (including phenoxy) is 8. The zero-order valence-electron chi connectivity index (χ0n) is 42.8. The van der Waals surface area contributed by atoms with Gasteiger partial charge in [-0.25, -0.2) is 9.97 Å². The predicted molar refractivity (Wildman–Crippen MR) is 277 cm³/mol. The van der Waals surface area contributed by atoms with Crippen LogP contribution in [0.2, 0.25) is 0 Å². The number of fused-ring (bicyclic) bond motifs is 2. The molecule has 2 aliphatic heterocycles. The molecule has 0 saturated carbocycles. The van der Waals surface area contributed by atoms with Crippen LogP contribution in [0.15, 0.2) is 60.7 Å². The van der Waals surface area contributed by atoms with Gasteiger partial charge in [-0.15, -0.1) is 0 Å². The van der Waals surface area contributed by atoms with E-state index in [4.69, 9.17) is 59.3 Å². The van der Waals surface area contributed by atoms with Crippen LogP contribution in [-0.2, 0) is 9.59 Å². The molecular formula is C52H66N10O10. The Bertz CT molecular complexity index is 2670. The van der Waals surface area contributed by atoms with Crippen LogP contribution in [0.3, 0.4) is 0 Å². The van der Waals surface area contributed by atoms with Gasteiger partial charge in [-0.1, -0.05) is 52.0 Å². The van der Waals surface area contributed by atoms with Crippen molar-refractivity contribution in [1.29, 1.82) is 0 Å². The number of para-hydroxylation sites is 2. The zero-order chi connectivity index (χ0) is 51.6. The minimum atomic E-state index is -0.0777. The Morgan fingerprint density at radius 3 is 1.14 bits per heavy atom. The highest BCUT2D eigenvalue weighted by molar-refractivity contribution is 5.93. The van der Waals surface area contributed by atoms with Crippen molar-refractivity contribution in [2.45, 2.75) is 39.5 Å². The average molecular weight is 991 g/mol. The van der Waals surface area contributed by atoms with Crippen molar-refractivity contribution in [3.63, 3.8) is 0 Å². The fourth-order valence-electron chi connectivity index (χ4n) is 8.58. The minimum Gasteiger partial charge on any atom is -0.493 e. The molecule has 4 aromatic carbocycles. The van der Waals surface area contributed by atoms with E-state index in [0.717, 1.165) is 11.1 Å². The first-order valence-electron chi connectivity index (χ1n) is 23.7. The number of anilines is 4. The molecule has 6 aromatic rings. The maximum Gasteiger partial charge on any atom is 0.260 e. The number of methoxy groups -OCH3 is 6. The smallest absolute Gasteiger partial charge is 0.260 e. The van der Waals surface area contributed by atoms with Crippen LogP contribution >= 0.6 is 0 Å². The molecule has 2 fully saturated rings. The van der Waals surface area contributed by atoms with E-state index in [1.54, 1.807) is 76.7 Å². The molecule has 20 nitrogen and oxygen atoms in total. The van der Waals surface area contributed by atoms with Crippen LogP contribution in [0.5, 0.6) is 46.0 Å². The molecule has 4 heterocycles. The van der Waals surface area contributed by atoms with Crippen molar-refractivity contribution in [1.82, 2.24) is 29.7 Å². The van der Waals surface area contributed by atoms with Crippen LogP contribution in [0.25, 0.3) is 21.8 Å². The lowest BCUT2D eigenvalue weighted by Crippen LogP contribution is -2.50. The first-order chi connectivity index (χ1) is 34.7. The predicted octanol–water partition coefficient (Wildman–Crippen LogP) is 6.18. The fourth-order valence-corrected chi connectivity index (χ4v) is 8.58. The van der Waals surface area contributed by atoms with Crippen molar-refractivity contribution in [3.8, 4) is 46.0 Å². The number of hydrogen-bond acceptors (Lipinski definition) is 18. The molecule has 72 heavy (non-hydrogen) atoms. The molecule has 8 rings (SSSR count). The number of aromatic nitrogens is 4. The number of benzene rings is 4. The van der Waals surface area contributed by atoms with Crippen LogP contribution < -0.4 is 59.2 Å². The number of amides is 2. The van der Waals surface area contributed by atoms with E-state index in [1.807, 2.05) is 46.2 Å². The lowest BCUT2D eigenvalue weighted by atomic mass is 10.0. The molecule has 0 atom stereocenters. The minimum absolute atomic E-state index is 0.0544. The van der Waals surface area contributed by atoms with E-state index in [1.165, 1.54) is 0 Å². The van der Waals surface area contributed by atoms with Crippen LogP contribution in [0.4, 0.5) is 23.5 Å². The highest BCUT2D eigenvalue weighted by atomic mass is 16.5. The van der Waals surface area contributed by atoms with Gasteiger partial charge in [-0.05, 0) is 36.1 Å². The second-order valence-corrected chi connectivity index (χ2v) is 17.6. The molecular weight excluding hydrogens is 925 g/mol. The Hall–Kier alpha value is -7.90. The van der Waals surface area contributed by atoms with Crippen molar-refractivity contribution >= 4 is 57.2 Å². The molecule has 2 aromatic heterocycles. The maximum absolute atomic E-state index is 12.9. The SMILES string of the molecule is COc1cc2nc(N3CCN(C(=O)COc4c(OC)cccc4C(C)C)CC3)nc(N)c2cc1OC.COc1cc2nc(N3CCN(C(=O)COc4c(OC)cccc4C(C)C)CC3)nc(N)c2cc1OC. The average Bonchev–Trinajstić information content (AvgIpc) is 3.40. The second kappa shape index (κ2) is 23.3. The molecule has 2 aliphatic rings. The van der Waals surface area contributed by atoms with Gasteiger partial charge >= 0.3 is 0 Å². The lowest BCUT2D eigenvalue weighted by Gasteiger charge is -2.35. The number of carbonyl (C=O) groups is 2. The summed E-state index contributed by atoms with van der Waals surface area (Å²) in [7, 11) is 9.49. The number of hydrogen-bond donors (Lipinski definition) is 2. The standard InChI is InChI=1S/2C26H33N5O5/c2*1-16(2)17-7-6-8-20(33-3)24(17)36-15-23(32)30-9-11-31(12-10-30)26-28-19-14-22(35-5)21(34-4)13-18(19)25(27)29-26/h2*6-8,13-14,16H,9-12,15H2,1-5H3,(H2,27,28,29). The number of nitrogens with zero attached hydrogens (tertiary/aromatic N) is 8. The van der Waals surface area contributed by atoms with Crippen molar-refractivity contribution in [2.75, 3.05) is 129 Å². The Balaban J connectivity index is 0.000000211. The summed E-state index contributed by atoms with van der Waals surface area (Å²) in [5.41, 5.74) is 15.8. The first kappa shape index (κ1) is 51.9. The number of nitrogens with two attached hydrogens (primary N) is 2. The van der Waals surface area contributed by atoms with Gasteiger partial charge in [0.05, 0.1) is 53.7 Å². The van der Waals surface area contributed by atoms with Crippen LogP contribution in [-0.4, -0.2) is 150 Å². The molecule has 2 saturated heterocycles. The Kier molecular flexibility index (Phi) is 16.8. The first-order valence-corrected chi connectivity index (χ1v) is 23.7. The van der Waals surface area contributed by atoms with Crippen molar-refractivity contribution < 1.29 is 47.5 Å². The highest BCUT2D eigenvalue weighted by Gasteiger charge is 2.27. The summed E-state index contributed by atoms with van der Waals surface area (Å²) in [6, 6.07) is 18.6. The van der Waals surface area contributed by atoms with Gasteiger partial charge in [-0.2, -0.15) is 9.97 Å². The molecule has 2 amide bonds. The number of nitrogen functional groups attached to an aromatic ring is 2. The normalized spacial score (nSPS) is 13.7. The van der Waals surface area contributed by atoms with Crippen molar-refractivity contribution in [3.05, 3.63) is 71.8 Å². The van der Waals surface area contributed by atoms with Gasteiger partial charge in [0, 0.05) is 86.4 Å². The van der Waals surface area contributed by atoms with Gasteiger partial charge in [0.25, 0.3) is 11.8 Å². The van der Waals surface area contributed by atoms with Gasteiger partial charge in [-0.3, -0.25) is 9.59 Å². The van der Waals surface area contributed by atoms with E-state index >= 15 is 0 Å². The third-order valence-electron chi connectivity index (χ3n) is 12.7. The summed E-state index contributed by atoms with van der Waals surface area (Å²) < 4.78 is 44.3. The van der Waals surface area contributed by atoms with E-state index in [0.29, 0.717) is 144 Å². The highest BCUT2D eigenvalue weighted by Crippen LogP contribution is 2.38. The summed E-state index contributed by atoms with van der Waals surface area (Å²) in [4.78, 5) is 51.9. The van der Waals surface area contributed by atoms with E-state index in [-0.39, 0.29) is 36.9 Å². The largest absolute Gasteiger partial charge is 0.493 e. The van der Waals surface area contributed by atoms with Gasteiger partial charge in [0.15, 0.2) is 59.2 Å². The van der Waals surface area contributed by atoms with E-state index in [2.05, 4.69) is 37.7 Å². The Morgan fingerprint density at radius 1 is 0.486 bits per heavy atom. The van der Waals surface area contributed by atoms with Gasteiger partial charge < -0.3 is 69.0 Å².